The van der Waals surface area contributed by atoms with Gasteiger partial charge in [-0.3, -0.25) is 9.69 Å². The molecule has 0 aliphatic carbocycles. The van der Waals surface area contributed by atoms with Crippen LogP contribution in [0.4, 0.5) is 19.3 Å². The third-order valence-corrected chi connectivity index (χ3v) is 6.89. The predicted octanol–water partition coefficient (Wildman–Crippen LogP) is 6.04. The van der Waals surface area contributed by atoms with Crippen molar-refractivity contribution in [2.24, 2.45) is 0 Å². The molecule has 10 heteroatoms. The summed E-state index contributed by atoms with van der Waals surface area (Å²) in [6, 6.07) is 13.3. The van der Waals surface area contributed by atoms with Crippen LogP contribution < -0.4 is 9.64 Å². The van der Waals surface area contributed by atoms with Gasteiger partial charge in [-0.2, -0.15) is 0 Å². The Morgan fingerprint density at radius 3 is 2.46 bits per heavy atom. The first kappa shape index (κ1) is 29.7. The van der Waals surface area contributed by atoms with Gasteiger partial charge in [0, 0.05) is 51.5 Å². The molecule has 4 rings (SSSR count). The Labute approximate surface area is 238 Å². The minimum atomic E-state index is -0.749. The van der Waals surface area contributed by atoms with Crippen molar-refractivity contribution in [3.63, 3.8) is 0 Å². The lowest BCUT2D eigenvalue weighted by molar-refractivity contribution is 0.0120. The van der Waals surface area contributed by atoms with Gasteiger partial charge in [0.05, 0.1) is 11.3 Å². The van der Waals surface area contributed by atoms with Crippen molar-refractivity contribution in [3.05, 3.63) is 96.2 Å². The average molecular weight is 565 g/mol. The van der Waals surface area contributed by atoms with Crippen molar-refractivity contribution in [1.82, 2.24) is 14.8 Å². The summed E-state index contributed by atoms with van der Waals surface area (Å²) in [7, 11) is 1.50. The van der Waals surface area contributed by atoms with Crippen LogP contribution in [0.1, 0.15) is 36.7 Å². The number of piperazine rings is 1. The van der Waals surface area contributed by atoms with Crippen LogP contribution >= 0.6 is 0 Å². The topological polar surface area (TPSA) is 75.2 Å². The first-order chi connectivity index (χ1) is 19.5. The first-order valence-electron chi connectivity index (χ1n) is 13.3. The number of rotatable bonds is 8. The lowest BCUT2D eigenvalue weighted by Gasteiger charge is -2.40. The van der Waals surface area contributed by atoms with Crippen LogP contribution in [0.3, 0.4) is 0 Å². The van der Waals surface area contributed by atoms with Crippen molar-refractivity contribution in [2.45, 2.75) is 39.0 Å². The Bertz CT molecular complexity index is 1400. The summed E-state index contributed by atoms with van der Waals surface area (Å²) in [6.07, 6.45) is 2.56. The number of anilines is 1. The molecule has 1 saturated heterocycles. The lowest BCUT2D eigenvalue weighted by atomic mass is 10.1. The molecule has 3 aromatic rings. The van der Waals surface area contributed by atoms with Crippen LogP contribution in [-0.2, 0) is 11.3 Å². The molecule has 1 aromatic heterocycles. The highest BCUT2D eigenvalue weighted by molar-refractivity contribution is 6.05. The largest absolute Gasteiger partial charge is 0.439 e. The molecule has 0 radical (unpaired) electrons. The number of carbonyl (C=O) groups is 2. The van der Waals surface area contributed by atoms with E-state index in [0.29, 0.717) is 31.9 Å². The van der Waals surface area contributed by atoms with E-state index in [-0.39, 0.29) is 35.1 Å². The maximum absolute atomic E-state index is 15.1. The summed E-state index contributed by atoms with van der Waals surface area (Å²) >= 11 is 0. The Kier molecular flexibility index (Phi) is 9.02. The maximum Gasteiger partial charge on any atom is 0.410 e. The van der Waals surface area contributed by atoms with E-state index in [1.807, 2.05) is 6.92 Å². The Morgan fingerprint density at radius 2 is 1.85 bits per heavy atom. The Balaban J connectivity index is 1.34. The standard InChI is InChI=1S/C31H34F2N4O4/c1-6-31(3,4)41-30(39)37-16-15-36(19-21(37)2)20-22-7-13-27(26(33)17-22)35(5)29(38)23-8-14-28(34-18-23)40-25-11-9-24(32)10-12-25/h6-14,17-18,21H,1,15-16,19-20H2,2-5H3/t21-/m0/s1. The van der Waals surface area contributed by atoms with E-state index >= 15 is 4.39 Å². The smallest absolute Gasteiger partial charge is 0.410 e. The summed E-state index contributed by atoms with van der Waals surface area (Å²) in [4.78, 5) is 34.8. The zero-order valence-electron chi connectivity index (χ0n) is 23.6. The highest BCUT2D eigenvalue weighted by Crippen LogP contribution is 2.25. The zero-order chi connectivity index (χ0) is 29.7. The third-order valence-electron chi connectivity index (χ3n) is 6.89. The number of nitrogens with zero attached hydrogens (tertiary/aromatic N) is 4. The molecule has 2 amide bonds. The Morgan fingerprint density at radius 1 is 1.12 bits per heavy atom. The van der Waals surface area contributed by atoms with E-state index in [9.17, 15) is 14.0 Å². The minimum Gasteiger partial charge on any atom is -0.439 e. The number of ether oxygens (including phenoxy) is 2. The van der Waals surface area contributed by atoms with Gasteiger partial charge in [0.2, 0.25) is 5.88 Å². The zero-order valence-corrected chi connectivity index (χ0v) is 23.6. The summed E-state index contributed by atoms with van der Waals surface area (Å²) in [5, 5.41) is 0. The lowest BCUT2D eigenvalue weighted by Crippen LogP contribution is -2.54. The molecule has 0 bridgehead atoms. The van der Waals surface area contributed by atoms with Crippen molar-refractivity contribution in [3.8, 4) is 11.6 Å². The normalized spacial score (nSPS) is 15.8. The second-order valence-electron chi connectivity index (χ2n) is 10.5. The number of carbonyl (C=O) groups excluding carboxylic acids is 2. The Hall–Kier alpha value is -4.31. The summed E-state index contributed by atoms with van der Waals surface area (Å²) in [5.74, 6) is -0.698. The summed E-state index contributed by atoms with van der Waals surface area (Å²) in [6.45, 7) is 11.4. The van der Waals surface area contributed by atoms with Gasteiger partial charge in [-0.1, -0.05) is 12.6 Å². The molecular weight excluding hydrogens is 530 g/mol. The summed E-state index contributed by atoms with van der Waals surface area (Å²) in [5.41, 5.74) is 0.397. The number of halogens is 2. The highest BCUT2D eigenvalue weighted by Gasteiger charge is 2.31. The van der Waals surface area contributed by atoms with Crippen LogP contribution in [0, 0.1) is 11.6 Å². The van der Waals surface area contributed by atoms with Crippen molar-refractivity contribution < 1.29 is 27.8 Å². The molecule has 41 heavy (non-hydrogen) atoms. The first-order valence-corrected chi connectivity index (χ1v) is 13.3. The maximum atomic E-state index is 15.1. The molecule has 1 aliphatic rings. The fourth-order valence-corrected chi connectivity index (χ4v) is 4.45. The van der Waals surface area contributed by atoms with Gasteiger partial charge >= 0.3 is 6.09 Å². The van der Waals surface area contributed by atoms with Gasteiger partial charge in [0.15, 0.2) is 0 Å². The second-order valence-corrected chi connectivity index (χ2v) is 10.5. The predicted molar refractivity (Wildman–Crippen MR) is 152 cm³/mol. The van der Waals surface area contributed by atoms with E-state index < -0.39 is 17.3 Å². The van der Waals surface area contributed by atoms with Crippen LogP contribution in [0.25, 0.3) is 0 Å². The van der Waals surface area contributed by atoms with Gasteiger partial charge in [-0.05, 0) is 74.9 Å². The average Bonchev–Trinajstić information content (AvgIpc) is 2.94. The van der Waals surface area contributed by atoms with Gasteiger partial charge in [-0.15, -0.1) is 0 Å². The molecule has 0 N–H and O–H groups in total. The fourth-order valence-electron chi connectivity index (χ4n) is 4.45. The fraction of sp³-hybridized carbons (Fsp3) is 0.323. The van der Waals surface area contributed by atoms with E-state index in [0.717, 1.165) is 5.56 Å². The number of hydrogen-bond donors (Lipinski definition) is 0. The molecule has 0 spiro atoms. The quantitative estimate of drug-likeness (QED) is 0.311. The highest BCUT2D eigenvalue weighted by atomic mass is 19.1. The SMILES string of the molecule is C=CC(C)(C)OC(=O)N1CCN(Cc2ccc(N(C)C(=O)c3ccc(Oc4ccc(F)cc4)nc3)c(F)c2)C[C@@H]1C. The molecule has 8 nitrogen and oxygen atoms in total. The number of amides is 2. The van der Waals surface area contributed by atoms with Crippen molar-refractivity contribution >= 4 is 17.7 Å². The molecule has 0 unspecified atom stereocenters. The molecule has 0 saturated carbocycles. The van der Waals surface area contributed by atoms with Crippen molar-refractivity contribution in [2.75, 3.05) is 31.6 Å². The molecular formula is C31H34F2N4O4. The molecule has 2 aromatic carbocycles. The second kappa shape index (κ2) is 12.5. The van der Waals surface area contributed by atoms with Crippen LogP contribution in [-0.4, -0.2) is 65.1 Å². The molecule has 1 atom stereocenters. The van der Waals surface area contributed by atoms with Gasteiger partial charge < -0.3 is 19.3 Å². The van der Waals surface area contributed by atoms with Gasteiger partial charge in [0.25, 0.3) is 5.91 Å². The monoisotopic (exact) mass is 564 g/mol. The van der Waals surface area contributed by atoms with Gasteiger partial charge in [0.1, 0.15) is 23.0 Å². The van der Waals surface area contributed by atoms with E-state index in [1.165, 1.54) is 60.6 Å². The van der Waals surface area contributed by atoms with E-state index in [4.69, 9.17) is 9.47 Å². The third kappa shape index (κ3) is 7.46. The number of aromatic nitrogens is 1. The molecule has 2 heterocycles. The number of hydrogen-bond acceptors (Lipinski definition) is 6. The van der Waals surface area contributed by atoms with Crippen LogP contribution in [0.5, 0.6) is 11.6 Å². The molecule has 1 aliphatic heterocycles. The molecule has 216 valence electrons. The minimum absolute atomic E-state index is 0.0779. The van der Waals surface area contributed by atoms with Crippen molar-refractivity contribution in [1.29, 1.82) is 0 Å². The van der Waals surface area contributed by atoms with E-state index in [1.54, 1.807) is 37.0 Å². The molecule has 1 fully saturated rings. The summed E-state index contributed by atoms with van der Waals surface area (Å²) < 4.78 is 39.3. The van der Waals surface area contributed by atoms with Gasteiger partial charge in [-0.25, -0.2) is 18.6 Å². The van der Waals surface area contributed by atoms with Crippen LogP contribution in [0.15, 0.2) is 73.4 Å². The number of benzene rings is 2. The van der Waals surface area contributed by atoms with Crippen LogP contribution in [0.2, 0.25) is 0 Å². The number of pyridine rings is 1. The van der Waals surface area contributed by atoms with E-state index in [2.05, 4.69) is 16.5 Å².